The predicted octanol–water partition coefficient (Wildman–Crippen LogP) is 1.65. The first-order valence-electron chi connectivity index (χ1n) is 7.60. The molecule has 2 N–H and O–H groups in total. The molecule has 118 valence electrons. The van der Waals surface area contributed by atoms with E-state index >= 15 is 0 Å². The summed E-state index contributed by atoms with van der Waals surface area (Å²) in [5.74, 6) is -0.0249. The largest absolute Gasteiger partial charge is 0.390 e. The SMILES string of the molecule is CCC1O[C@@H](OCCCCCC(C)=O)C(C)C(O)[C@H]1O. The lowest BCUT2D eigenvalue weighted by Gasteiger charge is -2.41. The van der Waals surface area contributed by atoms with Gasteiger partial charge in [0.25, 0.3) is 0 Å². The van der Waals surface area contributed by atoms with E-state index in [2.05, 4.69) is 0 Å². The van der Waals surface area contributed by atoms with Gasteiger partial charge in [0.2, 0.25) is 0 Å². The molecule has 0 amide bonds. The minimum Gasteiger partial charge on any atom is -0.390 e. The van der Waals surface area contributed by atoms with Crippen molar-refractivity contribution in [3.63, 3.8) is 0 Å². The third kappa shape index (κ3) is 5.13. The van der Waals surface area contributed by atoms with Gasteiger partial charge in [-0.2, -0.15) is 0 Å². The normalized spacial score (nSPS) is 34.1. The van der Waals surface area contributed by atoms with Crippen molar-refractivity contribution in [2.45, 2.75) is 77.5 Å². The molecule has 1 saturated heterocycles. The second-order valence-electron chi connectivity index (χ2n) is 5.67. The Morgan fingerprint density at radius 3 is 2.50 bits per heavy atom. The minimum atomic E-state index is -0.842. The highest BCUT2D eigenvalue weighted by molar-refractivity contribution is 5.75. The maximum absolute atomic E-state index is 10.8. The Morgan fingerprint density at radius 2 is 1.90 bits per heavy atom. The minimum absolute atomic E-state index is 0.220. The number of carbonyl (C=O) groups is 1. The Balaban J connectivity index is 2.26. The second-order valence-corrected chi connectivity index (χ2v) is 5.67. The third-order valence-corrected chi connectivity index (χ3v) is 3.87. The first-order valence-corrected chi connectivity index (χ1v) is 7.60. The molecule has 5 atom stereocenters. The molecular weight excluding hydrogens is 260 g/mol. The van der Waals surface area contributed by atoms with E-state index in [1.54, 1.807) is 6.92 Å². The summed E-state index contributed by atoms with van der Waals surface area (Å²) in [5, 5.41) is 19.8. The van der Waals surface area contributed by atoms with Crippen LogP contribution in [-0.2, 0) is 14.3 Å². The number of hydrogen-bond acceptors (Lipinski definition) is 5. The van der Waals surface area contributed by atoms with Crippen LogP contribution in [0, 0.1) is 5.92 Å². The molecule has 1 heterocycles. The molecule has 0 aromatic carbocycles. The fourth-order valence-corrected chi connectivity index (χ4v) is 2.45. The van der Waals surface area contributed by atoms with E-state index in [1.807, 2.05) is 13.8 Å². The maximum atomic E-state index is 10.8. The Morgan fingerprint density at radius 1 is 1.20 bits per heavy atom. The van der Waals surface area contributed by atoms with E-state index in [0.29, 0.717) is 19.4 Å². The van der Waals surface area contributed by atoms with Crippen molar-refractivity contribution in [1.29, 1.82) is 0 Å². The molecule has 1 fully saturated rings. The summed E-state index contributed by atoms with van der Waals surface area (Å²) in [6.45, 7) is 5.88. The van der Waals surface area contributed by atoms with Crippen molar-refractivity contribution in [2.75, 3.05) is 6.61 Å². The lowest BCUT2D eigenvalue weighted by atomic mass is 9.91. The number of carbonyl (C=O) groups excluding carboxylic acids is 1. The van der Waals surface area contributed by atoms with Crippen LogP contribution in [0.15, 0.2) is 0 Å². The molecule has 20 heavy (non-hydrogen) atoms. The van der Waals surface area contributed by atoms with Gasteiger partial charge >= 0.3 is 0 Å². The first-order chi connectivity index (χ1) is 9.47. The summed E-state index contributed by atoms with van der Waals surface area (Å²) in [4.78, 5) is 10.8. The molecule has 5 heteroatoms. The van der Waals surface area contributed by atoms with Gasteiger partial charge in [0.05, 0.1) is 12.2 Å². The van der Waals surface area contributed by atoms with Crippen molar-refractivity contribution in [3.8, 4) is 0 Å². The predicted molar refractivity (Wildman–Crippen MR) is 75.2 cm³/mol. The highest BCUT2D eigenvalue weighted by Gasteiger charge is 2.41. The maximum Gasteiger partial charge on any atom is 0.163 e. The molecule has 0 radical (unpaired) electrons. The van der Waals surface area contributed by atoms with Crippen LogP contribution in [-0.4, -0.2) is 47.2 Å². The van der Waals surface area contributed by atoms with Crippen LogP contribution in [0.4, 0.5) is 0 Å². The summed E-state index contributed by atoms with van der Waals surface area (Å²) in [5.41, 5.74) is 0. The molecule has 0 aliphatic carbocycles. The van der Waals surface area contributed by atoms with Crippen LogP contribution in [0.5, 0.6) is 0 Å². The molecule has 1 aliphatic rings. The van der Waals surface area contributed by atoms with Crippen molar-refractivity contribution < 1.29 is 24.5 Å². The highest BCUT2D eigenvalue weighted by Crippen LogP contribution is 2.28. The van der Waals surface area contributed by atoms with E-state index in [-0.39, 0.29) is 17.8 Å². The molecule has 0 aromatic heterocycles. The van der Waals surface area contributed by atoms with Crippen molar-refractivity contribution in [2.24, 2.45) is 5.92 Å². The number of hydrogen-bond donors (Lipinski definition) is 2. The van der Waals surface area contributed by atoms with Crippen molar-refractivity contribution in [3.05, 3.63) is 0 Å². The molecule has 5 nitrogen and oxygen atoms in total. The molecule has 1 aliphatic heterocycles. The molecular formula is C15H28O5. The number of aliphatic hydroxyl groups excluding tert-OH is 2. The van der Waals surface area contributed by atoms with Crippen LogP contribution in [0.2, 0.25) is 0 Å². The Labute approximate surface area is 121 Å². The highest BCUT2D eigenvalue weighted by atomic mass is 16.7. The van der Waals surface area contributed by atoms with Crippen molar-refractivity contribution >= 4 is 5.78 Å². The van der Waals surface area contributed by atoms with Gasteiger partial charge < -0.3 is 24.5 Å². The summed E-state index contributed by atoms with van der Waals surface area (Å²) < 4.78 is 11.4. The molecule has 3 unspecified atom stereocenters. The Hall–Kier alpha value is -0.490. The van der Waals surface area contributed by atoms with Crippen LogP contribution in [0.25, 0.3) is 0 Å². The van der Waals surface area contributed by atoms with Crippen LogP contribution in [0.1, 0.15) is 52.9 Å². The van der Waals surface area contributed by atoms with Gasteiger partial charge in [-0.25, -0.2) is 0 Å². The van der Waals surface area contributed by atoms with Gasteiger partial charge in [-0.3, -0.25) is 0 Å². The van der Waals surface area contributed by atoms with Crippen LogP contribution < -0.4 is 0 Å². The first kappa shape index (κ1) is 17.6. The zero-order chi connectivity index (χ0) is 15.1. The lowest BCUT2D eigenvalue weighted by Crippen LogP contribution is -2.54. The molecule has 0 spiro atoms. The average molecular weight is 288 g/mol. The quantitative estimate of drug-likeness (QED) is 0.664. The van der Waals surface area contributed by atoms with Crippen molar-refractivity contribution in [1.82, 2.24) is 0 Å². The Kier molecular flexibility index (Phi) is 7.66. The number of ketones is 1. The van der Waals surface area contributed by atoms with E-state index in [9.17, 15) is 15.0 Å². The van der Waals surface area contributed by atoms with E-state index in [4.69, 9.17) is 9.47 Å². The van der Waals surface area contributed by atoms with Crippen LogP contribution in [0.3, 0.4) is 0 Å². The van der Waals surface area contributed by atoms with E-state index in [0.717, 1.165) is 19.3 Å². The summed E-state index contributed by atoms with van der Waals surface area (Å²) >= 11 is 0. The van der Waals surface area contributed by atoms with E-state index in [1.165, 1.54) is 0 Å². The van der Waals surface area contributed by atoms with E-state index < -0.39 is 18.5 Å². The monoisotopic (exact) mass is 288 g/mol. The van der Waals surface area contributed by atoms with Crippen LogP contribution >= 0.6 is 0 Å². The average Bonchev–Trinajstić information content (AvgIpc) is 2.42. The zero-order valence-corrected chi connectivity index (χ0v) is 12.7. The molecule has 0 saturated carbocycles. The summed E-state index contributed by atoms with van der Waals surface area (Å²) in [7, 11) is 0. The zero-order valence-electron chi connectivity index (χ0n) is 12.7. The summed E-state index contributed by atoms with van der Waals surface area (Å²) in [6, 6.07) is 0. The summed E-state index contributed by atoms with van der Waals surface area (Å²) in [6.07, 6.45) is 1.48. The van der Waals surface area contributed by atoms with Gasteiger partial charge in [0.15, 0.2) is 6.29 Å². The smallest absolute Gasteiger partial charge is 0.163 e. The third-order valence-electron chi connectivity index (χ3n) is 3.87. The fourth-order valence-electron chi connectivity index (χ4n) is 2.45. The number of Topliss-reactive ketones (excluding diaryl/α,β-unsaturated/α-hetero) is 1. The second kappa shape index (κ2) is 8.72. The van der Waals surface area contributed by atoms with Gasteiger partial charge in [-0.05, 0) is 26.2 Å². The number of unbranched alkanes of at least 4 members (excludes halogenated alkanes) is 2. The lowest BCUT2D eigenvalue weighted by molar-refractivity contribution is -0.277. The van der Waals surface area contributed by atoms with Gasteiger partial charge in [0.1, 0.15) is 11.9 Å². The van der Waals surface area contributed by atoms with Gasteiger partial charge in [-0.15, -0.1) is 0 Å². The standard InChI is InChI=1S/C15H28O5/c1-4-12-14(18)13(17)11(3)15(20-12)19-9-7-5-6-8-10(2)16/h11-15,17-18H,4-9H2,1-3H3/t11?,12?,13?,14-,15+/m0/s1. The molecule has 0 aromatic rings. The van der Waals surface area contributed by atoms with Gasteiger partial charge in [-0.1, -0.05) is 20.3 Å². The van der Waals surface area contributed by atoms with Gasteiger partial charge in [0, 0.05) is 18.9 Å². The number of aliphatic hydroxyl groups is 2. The topological polar surface area (TPSA) is 76.0 Å². The fraction of sp³-hybridized carbons (Fsp3) is 0.933. The Bertz CT molecular complexity index is 292. The number of ether oxygens (including phenoxy) is 2. The number of rotatable bonds is 8. The molecule has 1 rings (SSSR count). The molecule has 0 bridgehead atoms.